The van der Waals surface area contributed by atoms with Crippen LogP contribution in [0.3, 0.4) is 0 Å². The van der Waals surface area contributed by atoms with Crippen molar-refractivity contribution in [1.82, 2.24) is 0 Å². The number of hydrogen-bond donors (Lipinski definition) is 0. The molecule has 0 N–H and O–H groups in total. The van der Waals surface area contributed by atoms with E-state index in [-0.39, 0.29) is 5.30 Å². The lowest BCUT2D eigenvalue weighted by Crippen LogP contribution is -1.92. The van der Waals surface area contributed by atoms with Crippen molar-refractivity contribution >= 4 is 17.1 Å². The van der Waals surface area contributed by atoms with E-state index in [0.29, 0.717) is 0 Å². The third-order valence-electron chi connectivity index (χ3n) is 0.753. The predicted molar refractivity (Wildman–Crippen MR) is 39.2 cm³/mol. The van der Waals surface area contributed by atoms with Gasteiger partial charge in [0.25, 0.3) is 0 Å². The molecular formula is C6H11O2S. The van der Waals surface area contributed by atoms with Crippen molar-refractivity contribution < 1.29 is 9.53 Å². The molecule has 0 rings (SSSR count). The van der Waals surface area contributed by atoms with Crippen LogP contribution in [0, 0.1) is 6.61 Å². The van der Waals surface area contributed by atoms with Crippen molar-refractivity contribution in [3.05, 3.63) is 6.61 Å². The van der Waals surface area contributed by atoms with Crippen LogP contribution in [0.25, 0.3) is 0 Å². The molecule has 3 heteroatoms. The normalized spacial score (nSPS) is 9.11. The molecule has 0 fully saturated rings. The second-order valence-corrected chi connectivity index (χ2v) is 2.27. The molecule has 0 aromatic rings. The van der Waals surface area contributed by atoms with Gasteiger partial charge in [-0.15, -0.1) is 0 Å². The fraction of sp³-hybridized carbons (Fsp3) is 0.667. The van der Waals surface area contributed by atoms with E-state index in [1.807, 2.05) is 6.92 Å². The smallest absolute Gasteiger partial charge is 0.367 e. The average molecular weight is 147 g/mol. The first-order chi connectivity index (χ1) is 4.31. The molecule has 0 saturated carbocycles. The molecule has 0 atom stereocenters. The van der Waals surface area contributed by atoms with Gasteiger partial charge in [0.1, 0.15) is 6.61 Å². The highest BCUT2D eigenvalue weighted by Crippen LogP contribution is 2.02. The van der Waals surface area contributed by atoms with E-state index in [4.69, 9.17) is 0 Å². The molecule has 0 spiro atoms. The Morgan fingerprint density at radius 2 is 2.44 bits per heavy atom. The van der Waals surface area contributed by atoms with Crippen molar-refractivity contribution in [3.63, 3.8) is 0 Å². The fourth-order valence-electron chi connectivity index (χ4n) is 0.293. The van der Waals surface area contributed by atoms with Crippen LogP contribution in [0.15, 0.2) is 0 Å². The Balaban J connectivity index is 2.97. The van der Waals surface area contributed by atoms with Crippen molar-refractivity contribution in [3.8, 4) is 0 Å². The summed E-state index contributed by atoms with van der Waals surface area (Å²) in [6.07, 6.45) is 3.55. The van der Waals surface area contributed by atoms with Gasteiger partial charge in [0, 0.05) is 0 Å². The largest absolute Gasteiger partial charge is 0.450 e. The van der Waals surface area contributed by atoms with Gasteiger partial charge in [-0.1, -0.05) is 13.3 Å². The minimum absolute atomic E-state index is 0.233. The highest BCUT2D eigenvalue weighted by molar-refractivity contribution is 8.12. The van der Waals surface area contributed by atoms with E-state index >= 15 is 0 Å². The van der Waals surface area contributed by atoms with E-state index in [1.54, 1.807) is 12.9 Å². The molecule has 0 unspecified atom stereocenters. The van der Waals surface area contributed by atoms with Gasteiger partial charge in [-0.3, -0.25) is 0 Å². The monoisotopic (exact) mass is 147 g/mol. The van der Waals surface area contributed by atoms with Crippen LogP contribution in [0.2, 0.25) is 0 Å². The summed E-state index contributed by atoms with van der Waals surface area (Å²) >= 11 is 1.08. The molecule has 0 aromatic heterocycles. The van der Waals surface area contributed by atoms with E-state index in [0.717, 1.165) is 24.6 Å². The standard InChI is InChI=1S/C6H11O2S/c1-3-4-5-8-6(7)9-2/h5H,3-4H2,1-2H3. The van der Waals surface area contributed by atoms with Gasteiger partial charge >= 0.3 is 5.30 Å². The molecule has 0 amide bonds. The third kappa shape index (κ3) is 5.69. The van der Waals surface area contributed by atoms with Crippen molar-refractivity contribution in [1.29, 1.82) is 0 Å². The summed E-state index contributed by atoms with van der Waals surface area (Å²) < 4.78 is 4.63. The van der Waals surface area contributed by atoms with E-state index < -0.39 is 0 Å². The quantitative estimate of drug-likeness (QED) is 0.453. The number of unbranched alkanes of at least 4 members (excludes halogenated alkanes) is 1. The van der Waals surface area contributed by atoms with Crippen molar-refractivity contribution in [2.75, 3.05) is 6.26 Å². The second-order valence-electron chi connectivity index (χ2n) is 1.53. The topological polar surface area (TPSA) is 26.3 Å². The summed E-state index contributed by atoms with van der Waals surface area (Å²) in [5.74, 6) is 0. The lowest BCUT2D eigenvalue weighted by atomic mass is 10.4. The Bertz CT molecular complexity index is 83.1. The minimum Gasteiger partial charge on any atom is -0.450 e. The highest BCUT2D eigenvalue weighted by Gasteiger charge is 1.96. The van der Waals surface area contributed by atoms with Gasteiger partial charge in [-0.25, -0.2) is 4.79 Å². The Morgan fingerprint density at radius 3 is 2.89 bits per heavy atom. The predicted octanol–water partition coefficient (Wildman–Crippen LogP) is 2.45. The van der Waals surface area contributed by atoms with Crippen LogP contribution in [0.5, 0.6) is 0 Å². The van der Waals surface area contributed by atoms with Gasteiger partial charge in [-0.05, 0) is 24.4 Å². The van der Waals surface area contributed by atoms with E-state index in [1.165, 1.54) is 0 Å². The molecule has 53 valence electrons. The number of ether oxygens (including phenoxy) is 1. The molecule has 0 saturated heterocycles. The first kappa shape index (κ1) is 8.82. The molecule has 9 heavy (non-hydrogen) atoms. The first-order valence-corrected chi connectivity index (χ1v) is 4.10. The van der Waals surface area contributed by atoms with Crippen LogP contribution >= 0.6 is 11.8 Å². The molecule has 0 aromatic carbocycles. The molecule has 0 aliphatic rings. The van der Waals surface area contributed by atoms with E-state index in [9.17, 15) is 4.79 Å². The van der Waals surface area contributed by atoms with Crippen LogP contribution in [-0.2, 0) is 4.74 Å². The zero-order valence-corrected chi connectivity index (χ0v) is 6.53. The Kier molecular flexibility index (Phi) is 5.83. The summed E-state index contributed by atoms with van der Waals surface area (Å²) in [7, 11) is 0. The number of rotatable bonds is 3. The SMILES string of the molecule is CCC[CH]OC(=O)SC. The summed E-state index contributed by atoms with van der Waals surface area (Å²) in [6, 6.07) is 0. The third-order valence-corrected chi connectivity index (χ3v) is 1.18. The van der Waals surface area contributed by atoms with Crippen LogP contribution in [0.1, 0.15) is 19.8 Å². The molecule has 0 bridgehead atoms. The van der Waals surface area contributed by atoms with Gasteiger partial charge < -0.3 is 4.74 Å². The maximum atomic E-state index is 10.4. The zero-order chi connectivity index (χ0) is 7.11. The van der Waals surface area contributed by atoms with Crippen LogP contribution in [-0.4, -0.2) is 11.6 Å². The number of thioether (sulfide) groups is 1. The Morgan fingerprint density at radius 1 is 1.78 bits per heavy atom. The van der Waals surface area contributed by atoms with Crippen LogP contribution < -0.4 is 0 Å². The minimum atomic E-state index is -0.233. The van der Waals surface area contributed by atoms with Gasteiger partial charge in [-0.2, -0.15) is 0 Å². The first-order valence-electron chi connectivity index (χ1n) is 2.87. The highest BCUT2D eigenvalue weighted by atomic mass is 32.2. The lowest BCUT2D eigenvalue weighted by Gasteiger charge is -1.97. The molecule has 0 aliphatic heterocycles. The number of carbonyl (C=O) groups is 1. The summed E-state index contributed by atoms with van der Waals surface area (Å²) in [4.78, 5) is 10.4. The molecule has 1 radical (unpaired) electrons. The van der Waals surface area contributed by atoms with Gasteiger partial charge in [0.05, 0.1) is 0 Å². The maximum Gasteiger partial charge on any atom is 0.367 e. The summed E-state index contributed by atoms with van der Waals surface area (Å²) in [5, 5.41) is -0.233. The Labute approximate surface area is 60.0 Å². The second kappa shape index (κ2) is 5.95. The van der Waals surface area contributed by atoms with E-state index in [2.05, 4.69) is 4.74 Å². The summed E-state index contributed by atoms with van der Waals surface area (Å²) in [6.45, 7) is 3.57. The molecule has 0 aliphatic carbocycles. The number of carbonyl (C=O) groups excluding carboxylic acids is 1. The van der Waals surface area contributed by atoms with Crippen LogP contribution in [0.4, 0.5) is 4.79 Å². The zero-order valence-electron chi connectivity index (χ0n) is 5.72. The average Bonchev–Trinajstić information content (AvgIpc) is 1.89. The van der Waals surface area contributed by atoms with Gasteiger partial charge in [0.2, 0.25) is 0 Å². The Hall–Kier alpha value is -0.180. The van der Waals surface area contributed by atoms with Crippen molar-refractivity contribution in [2.45, 2.75) is 19.8 Å². The summed E-state index contributed by atoms with van der Waals surface area (Å²) in [5.41, 5.74) is 0. The maximum absolute atomic E-state index is 10.4. The molecular weight excluding hydrogens is 136 g/mol. The molecule has 2 nitrogen and oxygen atoms in total. The molecule has 0 heterocycles. The lowest BCUT2D eigenvalue weighted by molar-refractivity contribution is 0.198. The van der Waals surface area contributed by atoms with Crippen molar-refractivity contribution in [2.24, 2.45) is 0 Å². The number of hydrogen-bond acceptors (Lipinski definition) is 3. The fourth-order valence-corrected chi connectivity index (χ4v) is 0.457. The van der Waals surface area contributed by atoms with Gasteiger partial charge in [0.15, 0.2) is 0 Å².